The number of carbonyl (C=O) groups is 1. The van der Waals surface area contributed by atoms with Crippen molar-refractivity contribution in [1.82, 2.24) is 0 Å². The Morgan fingerprint density at radius 1 is 1.20 bits per heavy atom. The highest BCUT2D eigenvalue weighted by atomic mass is 16.6. The van der Waals surface area contributed by atoms with Crippen LogP contribution < -0.4 is 4.74 Å². The van der Waals surface area contributed by atoms with Gasteiger partial charge in [-0.3, -0.25) is 14.9 Å². The molecule has 0 heterocycles. The fraction of sp³-hybridized carbons (Fsp3) is 0.133. The van der Waals surface area contributed by atoms with E-state index in [1.807, 2.05) is 31.2 Å². The van der Waals surface area contributed by atoms with E-state index in [1.54, 1.807) is 6.07 Å². The van der Waals surface area contributed by atoms with Crippen LogP contribution in [0.25, 0.3) is 11.1 Å². The van der Waals surface area contributed by atoms with Crippen LogP contribution >= 0.6 is 0 Å². The molecule has 0 saturated carbocycles. The lowest BCUT2D eigenvalue weighted by molar-refractivity contribution is -0.385. The van der Waals surface area contributed by atoms with Gasteiger partial charge in [-0.1, -0.05) is 18.2 Å². The molecular formula is C15H13NO4. The van der Waals surface area contributed by atoms with Crippen LogP contribution in [-0.2, 0) is 0 Å². The quantitative estimate of drug-likeness (QED) is 0.474. The van der Waals surface area contributed by atoms with Gasteiger partial charge < -0.3 is 4.74 Å². The molecular weight excluding hydrogens is 258 g/mol. The van der Waals surface area contributed by atoms with Gasteiger partial charge in [0.2, 0.25) is 0 Å². The maximum atomic E-state index is 11.0. The first-order chi connectivity index (χ1) is 9.65. The minimum atomic E-state index is -0.556. The SMILES string of the molecule is CCOc1cccc(-c2ccc(C=O)c([N+](=O)[O-])c2)c1. The highest BCUT2D eigenvalue weighted by Crippen LogP contribution is 2.28. The van der Waals surface area contributed by atoms with Gasteiger partial charge in [0.05, 0.1) is 17.1 Å². The molecule has 0 aromatic heterocycles. The summed E-state index contributed by atoms with van der Waals surface area (Å²) in [5, 5.41) is 11.0. The molecule has 0 unspecified atom stereocenters. The van der Waals surface area contributed by atoms with Crippen LogP contribution in [0.5, 0.6) is 5.75 Å². The van der Waals surface area contributed by atoms with Crippen LogP contribution in [0.1, 0.15) is 17.3 Å². The average Bonchev–Trinajstić information content (AvgIpc) is 2.47. The molecule has 0 bridgehead atoms. The third-order valence-corrected chi connectivity index (χ3v) is 2.83. The van der Waals surface area contributed by atoms with Crippen molar-refractivity contribution in [2.24, 2.45) is 0 Å². The number of nitro benzene ring substituents is 1. The van der Waals surface area contributed by atoms with E-state index in [0.29, 0.717) is 24.2 Å². The summed E-state index contributed by atoms with van der Waals surface area (Å²) >= 11 is 0. The van der Waals surface area contributed by atoms with E-state index in [9.17, 15) is 14.9 Å². The fourth-order valence-corrected chi connectivity index (χ4v) is 1.91. The van der Waals surface area contributed by atoms with Crippen molar-refractivity contribution < 1.29 is 14.5 Å². The van der Waals surface area contributed by atoms with Crippen molar-refractivity contribution >= 4 is 12.0 Å². The molecule has 0 saturated heterocycles. The van der Waals surface area contributed by atoms with E-state index in [-0.39, 0.29) is 11.3 Å². The fourth-order valence-electron chi connectivity index (χ4n) is 1.91. The standard InChI is InChI=1S/C15H13NO4/c1-2-20-14-5-3-4-11(8-14)12-6-7-13(10-17)15(9-12)16(18)19/h3-10H,2H2,1H3. The Morgan fingerprint density at radius 2 is 1.95 bits per heavy atom. The van der Waals surface area contributed by atoms with E-state index in [1.165, 1.54) is 12.1 Å². The molecule has 5 heteroatoms. The monoisotopic (exact) mass is 271 g/mol. The number of hydrogen-bond donors (Lipinski definition) is 0. The zero-order valence-corrected chi connectivity index (χ0v) is 10.9. The van der Waals surface area contributed by atoms with Crippen molar-refractivity contribution in [3.63, 3.8) is 0 Å². The molecule has 0 fully saturated rings. The van der Waals surface area contributed by atoms with Crippen molar-refractivity contribution in [3.8, 4) is 16.9 Å². The number of rotatable bonds is 5. The van der Waals surface area contributed by atoms with Crippen molar-refractivity contribution in [1.29, 1.82) is 0 Å². The summed E-state index contributed by atoms with van der Waals surface area (Å²) in [6, 6.07) is 11.8. The van der Waals surface area contributed by atoms with E-state index in [2.05, 4.69) is 0 Å². The molecule has 102 valence electrons. The zero-order chi connectivity index (χ0) is 14.5. The van der Waals surface area contributed by atoms with Gasteiger partial charge in [-0.2, -0.15) is 0 Å². The molecule has 0 aliphatic rings. The highest BCUT2D eigenvalue weighted by molar-refractivity contribution is 5.84. The summed E-state index contributed by atoms with van der Waals surface area (Å²) in [6.07, 6.45) is 0.485. The van der Waals surface area contributed by atoms with Crippen LogP contribution in [0.2, 0.25) is 0 Å². The van der Waals surface area contributed by atoms with E-state index >= 15 is 0 Å². The molecule has 0 N–H and O–H groups in total. The number of benzene rings is 2. The first kappa shape index (κ1) is 13.7. The summed E-state index contributed by atoms with van der Waals surface area (Å²) in [6.45, 7) is 2.43. The lowest BCUT2D eigenvalue weighted by Gasteiger charge is -2.07. The summed E-state index contributed by atoms with van der Waals surface area (Å²) in [5.74, 6) is 0.701. The summed E-state index contributed by atoms with van der Waals surface area (Å²) in [5.41, 5.74) is 1.35. The van der Waals surface area contributed by atoms with Gasteiger partial charge in [0.1, 0.15) is 5.75 Å². The minimum Gasteiger partial charge on any atom is -0.494 e. The summed E-state index contributed by atoms with van der Waals surface area (Å²) in [7, 11) is 0. The Bertz CT molecular complexity index is 652. The van der Waals surface area contributed by atoms with Crippen LogP contribution in [0.3, 0.4) is 0 Å². The number of carbonyl (C=O) groups excluding carboxylic acids is 1. The molecule has 0 amide bonds. The second-order valence-corrected chi connectivity index (χ2v) is 4.11. The predicted molar refractivity (Wildman–Crippen MR) is 75.1 cm³/mol. The average molecular weight is 271 g/mol. The van der Waals surface area contributed by atoms with E-state index in [0.717, 1.165) is 5.56 Å². The second-order valence-electron chi connectivity index (χ2n) is 4.11. The Morgan fingerprint density at radius 3 is 2.60 bits per heavy atom. The smallest absolute Gasteiger partial charge is 0.280 e. The molecule has 0 spiro atoms. The second kappa shape index (κ2) is 5.97. The molecule has 2 aromatic carbocycles. The molecule has 5 nitrogen and oxygen atoms in total. The van der Waals surface area contributed by atoms with E-state index in [4.69, 9.17) is 4.74 Å². The Kier molecular flexibility index (Phi) is 4.10. The van der Waals surface area contributed by atoms with Crippen molar-refractivity contribution in [2.75, 3.05) is 6.61 Å². The minimum absolute atomic E-state index is 0.0692. The molecule has 20 heavy (non-hydrogen) atoms. The normalized spacial score (nSPS) is 10.1. The first-order valence-electron chi connectivity index (χ1n) is 6.12. The number of ether oxygens (including phenoxy) is 1. The number of aldehydes is 1. The third-order valence-electron chi connectivity index (χ3n) is 2.83. The van der Waals surface area contributed by atoms with Crippen LogP contribution in [0.4, 0.5) is 5.69 Å². The third kappa shape index (κ3) is 2.83. The number of nitrogens with zero attached hydrogens (tertiary/aromatic N) is 1. The van der Waals surface area contributed by atoms with Crippen molar-refractivity contribution in [3.05, 3.63) is 58.1 Å². The largest absolute Gasteiger partial charge is 0.494 e. The maximum absolute atomic E-state index is 11.0. The lowest BCUT2D eigenvalue weighted by atomic mass is 10.0. The topological polar surface area (TPSA) is 69.4 Å². The summed E-state index contributed by atoms with van der Waals surface area (Å²) in [4.78, 5) is 21.2. The van der Waals surface area contributed by atoms with E-state index < -0.39 is 4.92 Å². The molecule has 2 rings (SSSR count). The van der Waals surface area contributed by atoms with Gasteiger partial charge in [-0.25, -0.2) is 0 Å². The van der Waals surface area contributed by atoms with Crippen LogP contribution in [0.15, 0.2) is 42.5 Å². The maximum Gasteiger partial charge on any atom is 0.280 e. The number of nitro groups is 1. The Balaban J connectivity index is 2.47. The Hall–Kier alpha value is -2.69. The van der Waals surface area contributed by atoms with Gasteiger partial charge in [-0.15, -0.1) is 0 Å². The molecule has 0 atom stereocenters. The van der Waals surface area contributed by atoms with Gasteiger partial charge in [0.15, 0.2) is 6.29 Å². The van der Waals surface area contributed by atoms with Crippen molar-refractivity contribution in [2.45, 2.75) is 6.92 Å². The van der Waals surface area contributed by atoms with Crippen LogP contribution in [0, 0.1) is 10.1 Å². The van der Waals surface area contributed by atoms with Gasteiger partial charge in [0.25, 0.3) is 5.69 Å². The van der Waals surface area contributed by atoms with Gasteiger partial charge in [-0.05, 0) is 36.2 Å². The van der Waals surface area contributed by atoms with Crippen LogP contribution in [-0.4, -0.2) is 17.8 Å². The molecule has 2 aromatic rings. The summed E-state index contributed by atoms with van der Waals surface area (Å²) < 4.78 is 5.40. The molecule has 0 aliphatic heterocycles. The molecule has 0 radical (unpaired) electrons. The lowest BCUT2D eigenvalue weighted by Crippen LogP contribution is -1.95. The predicted octanol–water partition coefficient (Wildman–Crippen LogP) is 3.47. The van der Waals surface area contributed by atoms with Gasteiger partial charge in [0, 0.05) is 6.07 Å². The first-order valence-corrected chi connectivity index (χ1v) is 6.12. The number of hydrogen-bond acceptors (Lipinski definition) is 4. The molecule has 0 aliphatic carbocycles. The van der Waals surface area contributed by atoms with Gasteiger partial charge >= 0.3 is 0 Å². The zero-order valence-electron chi connectivity index (χ0n) is 10.9. The Labute approximate surface area is 116 Å². The highest BCUT2D eigenvalue weighted by Gasteiger charge is 2.14.